The summed E-state index contributed by atoms with van der Waals surface area (Å²) in [5, 5.41) is 11.0. The van der Waals surface area contributed by atoms with Crippen LogP contribution >= 0.6 is 0 Å². The van der Waals surface area contributed by atoms with E-state index in [1.807, 2.05) is 25.1 Å². The molecule has 0 bridgehead atoms. The van der Waals surface area contributed by atoms with E-state index >= 15 is 0 Å². The van der Waals surface area contributed by atoms with Crippen LogP contribution in [-0.4, -0.2) is 22.2 Å². The number of aromatic nitrogens is 1. The lowest BCUT2D eigenvalue weighted by Gasteiger charge is -2.14. The van der Waals surface area contributed by atoms with Gasteiger partial charge in [0.2, 0.25) is 0 Å². The van der Waals surface area contributed by atoms with E-state index in [2.05, 4.69) is 4.98 Å². The van der Waals surface area contributed by atoms with E-state index in [9.17, 15) is 4.79 Å². The number of pyridine rings is 1. The third-order valence-corrected chi connectivity index (χ3v) is 2.72. The summed E-state index contributed by atoms with van der Waals surface area (Å²) in [7, 11) is 0. The first-order valence-corrected chi connectivity index (χ1v) is 5.94. The Labute approximate surface area is 105 Å². The molecule has 4 nitrogen and oxygen atoms in total. The van der Waals surface area contributed by atoms with E-state index in [1.54, 1.807) is 18.5 Å². The molecule has 4 heteroatoms. The zero-order valence-electron chi connectivity index (χ0n) is 10.2. The maximum atomic E-state index is 11.0. The summed E-state index contributed by atoms with van der Waals surface area (Å²) in [5.41, 5.74) is 0. The average molecular weight is 245 g/mol. The molecule has 1 aromatic heterocycles. The molecule has 18 heavy (non-hydrogen) atoms. The number of benzene rings is 1. The van der Waals surface area contributed by atoms with Gasteiger partial charge in [-0.15, -0.1) is 0 Å². The van der Waals surface area contributed by atoms with E-state index in [0.29, 0.717) is 12.2 Å². The molecule has 2 rings (SSSR count). The highest BCUT2D eigenvalue weighted by Gasteiger charge is 2.18. The largest absolute Gasteiger partial charge is 0.479 e. The SMILES string of the molecule is CCCC(Oc1ccc2ccncc2c1)C(=O)O. The predicted octanol–water partition coefficient (Wildman–Crippen LogP) is 2.87. The second-order valence-corrected chi connectivity index (χ2v) is 4.12. The first kappa shape index (κ1) is 12.4. The minimum Gasteiger partial charge on any atom is -0.479 e. The summed E-state index contributed by atoms with van der Waals surface area (Å²) < 4.78 is 5.50. The molecule has 0 radical (unpaired) electrons. The summed E-state index contributed by atoms with van der Waals surface area (Å²) in [5.74, 6) is -0.362. The van der Waals surface area contributed by atoms with E-state index < -0.39 is 12.1 Å². The monoisotopic (exact) mass is 245 g/mol. The van der Waals surface area contributed by atoms with Gasteiger partial charge >= 0.3 is 5.97 Å². The number of aliphatic carboxylic acids is 1. The third-order valence-electron chi connectivity index (χ3n) is 2.72. The van der Waals surface area contributed by atoms with Crippen molar-refractivity contribution >= 4 is 16.7 Å². The Hall–Kier alpha value is -2.10. The Morgan fingerprint density at radius 1 is 1.39 bits per heavy atom. The van der Waals surface area contributed by atoms with E-state index in [-0.39, 0.29) is 0 Å². The second kappa shape index (κ2) is 5.49. The molecule has 1 heterocycles. The Bertz CT molecular complexity index is 553. The van der Waals surface area contributed by atoms with Crippen molar-refractivity contribution in [3.8, 4) is 5.75 Å². The molecule has 1 N–H and O–H groups in total. The fraction of sp³-hybridized carbons (Fsp3) is 0.286. The molecule has 0 saturated carbocycles. The maximum absolute atomic E-state index is 11.0. The van der Waals surface area contributed by atoms with Crippen LogP contribution in [0.1, 0.15) is 19.8 Å². The molecule has 1 atom stereocenters. The molecule has 0 saturated heterocycles. The molecule has 0 fully saturated rings. The van der Waals surface area contributed by atoms with Gasteiger partial charge in [-0.05, 0) is 30.0 Å². The molecule has 94 valence electrons. The van der Waals surface area contributed by atoms with Gasteiger partial charge in [-0.1, -0.05) is 19.4 Å². The van der Waals surface area contributed by atoms with Crippen LogP contribution in [-0.2, 0) is 4.79 Å². The lowest BCUT2D eigenvalue weighted by molar-refractivity contribution is -0.145. The minimum atomic E-state index is -0.928. The van der Waals surface area contributed by atoms with Crippen molar-refractivity contribution in [3.63, 3.8) is 0 Å². The van der Waals surface area contributed by atoms with Gasteiger partial charge in [0, 0.05) is 17.8 Å². The molecular weight excluding hydrogens is 230 g/mol. The zero-order chi connectivity index (χ0) is 13.0. The predicted molar refractivity (Wildman–Crippen MR) is 68.7 cm³/mol. The Balaban J connectivity index is 2.22. The van der Waals surface area contributed by atoms with Crippen molar-refractivity contribution < 1.29 is 14.6 Å². The van der Waals surface area contributed by atoms with Gasteiger partial charge in [-0.2, -0.15) is 0 Å². The number of hydrogen-bond donors (Lipinski definition) is 1. The van der Waals surface area contributed by atoms with Crippen LogP contribution in [0.3, 0.4) is 0 Å². The number of carboxylic acids is 1. The average Bonchev–Trinajstić information content (AvgIpc) is 2.38. The summed E-state index contributed by atoms with van der Waals surface area (Å²) >= 11 is 0. The highest BCUT2D eigenvalue weighted by molar-refractivity contribution is 5.83. The number of fused-ring (bicyclic) bond motifs is 1. The number of ether oxygens (including phenoxy) is 1. The molecule has 0 aliphatic carbocycles. The van der Waals surface area contributed by atoms with Crippen LogP contribution in [0.5, 0.6) is 5.75 Å². The summed E-state index contributed by atoms with van der Waals surface area (Å²) in [6.45, 7) is 1.93. The van der Waals surface area contributed by atoms with Crippen molar-refractivity contribution in [1.82, 2.24) is 4.98 Å². The van der Waals surface area contributed by atoms with Gasteiger partial charge in [-0.25, -0.2) is 4.79 Å². The number of rotatable bonds is 5. The third kappa shape index (κ3) is 2.77. The maximum Gasteiger partial charge on any atom is 0.344 e. The fourth-order valence-corrected chi connectivity index (χ4v) is 1.80. The summed E-state index contributed by atoms with van der Waals surface area (Å²) in [4.78, 5) is 15.1. The van der Waals surface area contributed by atoms with Crippen LogP contribution in [0, 0.1) is 0 Å². The van der Waals surface area contributed by atoms with Gasteiger partial charge in [0.05, 0.1) is 0 Å². The summed E-state index contributed by atoms with van der Waals surface area (Å²) in [6, 6.07) is 7.40. The van der Waals surface area contributed by atoms with Crippen LogP contribution in [0.2, 0.25) is 0 Å². The fourth-order valence-electron chi connectivity index (χ4n) is 1.80. The lowest BCUT2D eigenvalue weighted by atomic mass is 10.1. The zero-order valence-corrected chi connectivity index (χ0v) is 10.2. The quantitative estimate of drug-likeness (QED) is 0.879. The minimum absolute atomic E-state index is 0.500. The number of carbonyl (C=O) groups is 1. The molecule has 0 aliphatic rings. The van der Waals surface area contributed by atoms with Crippen LogP contribution in [0.15, 0.2) is 36.7 Å². The molecule has 0 amide bonds. The van der Waals surface area contributed by atoms with Crippen molar-refractivity contribution in [2.75, 3.05) is 0 Å². The Kier molecular flexibility index (Phi) is 3.77. The molecule has 2 aromatic rings. The summed E-state index contributed by atoms with van der Waals surface area (Å²) in [6.07, 6.45) is 3.94. The van der Waals surface area contributed by atoms with E-state index in [0.717, 1.165) is 17.2 Å². The van der Waals surface area contributed by atoms with Gasteiger partial charge in [-0.3, -0.25) is 4.98 Å². The van der Waals surface area contributed by atoms with Crippen molar-refractivity contribution in [2.24, 2.45) is 0 Å². The van der Waals surface area contributed by atoms with Crippen LogP contribution < -0.4 is 4.74 Å². The molecule has 1 aromatic carbocycles. The molecule has 1 unspecified atom stereocenters. The topological polar surface area (TPSA) is 59.4 Å². The van der Waals surface area contributed by atoms with E-state index in [1.165, 1.54) is 0 Å². The smallest absolute Gasteiger partial charge is 0.344 e. The van der Waals surface area contributed by atoms with Gasteiger partial charge in [0.1, 0.15) is 5.75 Å². The normalized spacial score (nSPS) is 12.3. The van der Waals surface area contributed by atoms with Crippen LogP contribution in [0.25, 0.3) is 10.8 Å². The van der Waals surface area contributed by atoms with Crippen molar-refractivity contribution in [2.45, 2.75) is 25.9 Å². The van der Waals surface area contributed by atoms with Crippen LogP contribution in [0.4, 0.5) is 0 Å². The first-order valence-electron chi connectivity index (χ1n) is 5.94. The number of nitrogens with zero attached hydrogens (tertiary/aromatic N) is 1. The molecule has 0 spiro atoms. The lowest BCUT2D eigenvalue weighted by Crippen LogP contribution is -2.26. The van der Waals surface area contributed by atoms with Gasteiger partial charge < -0.3 is 9.84 Å². The Morgan fingerprint density at radius 2 is 2.22 bits per heavy atom. The second-order valence-electron chi connectivity index (χ2n) is 4.12. The highest BCUT2D eigenvalue weighted by Crippen LogP contribution is 2.21. The number of carboxylic acid groups (broad SMARTS) is 1. The first-order chi connectivity index (χ1) is 8.70. The number of hydrogen-bond acceptors (Lipinski definition) is 3. The molecule has 0 aliphatic heterocycles. The standard InChI is InChI=1S/C14H15NO3/c1-2-3-13(14(16)17)18-12-5-4-10-6-7-15-9-11(10)8-12/h4-9,13H,2-3H2,1H3,(H,16,17). The van der Waals surface area contributed by atoms with Crippen molar-refractivity contribution in [3.05, 3.63) is 36.7 Å². The van der Waals surface area contributed by atoms with Crippen molar-refractivity contribution in [1.29, 1.82) is 0 Å². The Morgan fingerprint density at radius 3 is 2.94 bits per heavy atom. The molecular formula is C14H15NO3. The highest BCUT2D eigenvalue weighted by atomic mass is 16.5. The van der Waals surface area contributed by atoms with Gasteiger partial charge in [0.25, 0.3) is 0 Å². The van der Waals surface area contributed by atoms with E-state index in [4.69, 9.17) is 9.84 Å². The van der Waals surface area contributed by atoms with Gasteiger partial charge in [0.15, 0.2) is 6.10 Å².